The number of amides is 1. The van der Waals surface area contributed by atoms with Crippen LogP contribution in [0.15, 0.2) is 5.16 Å². The van der Waals surface area contributed by atoms with Gasteiger partial charge in [0.05, 0.1) is 5.75 Å². The molecule has 2 rings (SSSR count). The summed E-state index contributed by atoms with van der Waals surface area (Å²) in [6.45, 7) is 4.12. The van der Waals surface area contributed by atoms with Gasteiger partial charge in [-0.15, -0.1) is 10.2 Å². The largest absolute Gasteiger partial charge is 0.353 e. The highest BCUT2D eigenvalue weighted by Crippen LogP contribution is 2.39. The summed E-state index contributed by atoms with van der Waals surface area (Å²) in [7, 11) is 0. The average molecular weight is 283 g/mol. The van der Waals surface area contributed by atoms with Crippen molar-refractivity contribution in [1.82, 2.24) is 20.2 Å². The van der Waals surface area contributed by atoms with Crippen molar-refractivity contribution in [2.45, 2.75) is 56.6 Å². The zero-order valence-electron chi connectivity index (χ0n) is 11.4. The Morgan fingerprint density at radius 3 is 2.95 bits per heavy atom. The first-order valence-corrected chi connectivity index (χ1v) is 7.73. The molecule has 0 bridgehead atoms. The molecule has 3 N–H and O–H groups in total. The number of carbonyl (C=O) groups is 1. The van der Waals surface area contributed by atoms with Gasteiger partial charge >= 0.3 is 0 Å². The maximum Gasteiger partial charge on any atom is 0.230 e. The first kappa shape index (κ1) is 14.2. The first-order valence-electron chi connectivity index (χ1n) is 6.74. The van der Waals surface area contributed by atoms with Gasteiger partial charge in [0.15, 0.2) is 5.82 Å². The molecular formula is C12H21N5OS. The lowest BCUT2D eigenvalue weighted by atomic mass is 10.2. The quantitative estimate of drug-likeness (QED) is 0.581. The predicted octanol–water partition coefficient (Wildman–Crippen LogP) is 1.27. The Bertz CT molecular complexity index is 443. The number of hydrogen-bond acceptors (Lipinski definition) is 5. The molecule has 0 aromatic carbocycles. The normalized spacial score (nSPS) is 16.3. The molecule has 6 nitrogen and oxygen atoms in total. The molecule has 7 heteroatoms. The highest BCUT2D eigenvalue weighted by atomic mass is 32.2. The van der Waals surface area contributed by atoms with Gasteiger partial charge in [0, 0.05) is 12.0 Å². The summed E-state index contributed by atoms with van der Waals surface area (Å²) in [4.78, 5) is 11.7. The van der Waals surface area contributed by atoms with Gasteiger partial charge in [-0.3, -0.25) is 4.79 Å². The smallest absolute Gasteiger partial charge is 0.230 e. The van der Waals surface area contributed by atoms with Gasteiger partial charge in [0.25, 0.3) is 0 Å². The summed E-state index contributed by atoms with van der Waals surface area (Å²) < 4.78 is 1.52. The molecule has 0 radical (unpaired) electrons. The van der Waals surface area contributed by atoms with E-state index in [1.165, 1.54) is 16.4 Å². The van der Waals surface area contributed by atoms with E-state index in [1.54, 1.807) is 0 Å². The van der Waals surface area contributed by atoms with E-state index in [0.29, 0.717) is 16.8 Å². The number of nitrogen functional groups attached to an aromatic ring is 1. The van der Waals surface area contributed by atoms with Crippen molar-refractivity contribution < 1.29 is 4.79 Å². The summed E-state index contributed by atoms with van der Waals surface area (Å²) in [5.74, 6) is 7.56. The highest BCUT2D eigenvalue weighted by molar-refractivity contribution is 7.99. The molecule has 0 spiro atoms. The Hall–Kier alpha value is -1.24. The predicted molar refractivity (Wildman–Crippen MR) is 75.4 cm³/mol. The molecule has 0 saturated heterocycles. The summed E-state index contributed by atoms with van der Waals surface area (Å²) in [6.07, 6.45) is 4.33. The number of rotatable bonds is 7. The van der Waals surface area contributed by atoms with Crippen LogP contribution in [0.1, 0.15) is 51.3 Å². The third-order valence-electron chi connectivity index (χ3n) is 3.09. The number of nitrogens with zero attached hydrogens (tertiary/aromatic N) is 3. The number of nitrogens with one attached hydrogen (secondary N) is 1. The third-order valence-corrected chi connectivity index (χ3v) is 4.04. The molecule has 1 amide bonds. The van der Waals surface area contributed by atoms with Crippen LogP contribution in [-0.4, -0.2) is 32.6 Å². The van der Waals surface area contributed by atoms with Gasteiger partial charge in [-0.05, 0) is 26.2 Å². The van der Waals surface area contributed by atoms with Crippen molar-refractivity contribution in [1.29, 1.82) is 0 Å². The van der Waals surface area contributed by atoms with E-state index in [-0.39, 0.29) is 11.9 Å². The summed E-state index contributed by atoms with van der Waals surface area (Å²) in [5, 5.41) is 11.7. The molecule has 1 aromatic heterocycles. The Morgan fingerprint density at radius 1 is 1.58 bits per heavy atom. The maximum atomic E-state index is 11.7. The molecule has 106 valence electrons. The van der Waals surface area contributed by atoms with Gasteiger partial charge in [-0.1, -0.05) is 25.1 Å². The van der Waals surface area contributed by atoms with Gasteiger partial charge < -0.3 is 11.2 Å². The Morgan fingerprint density at radius 2 is 2.32 bits per heavy atom. The van der Waals surface area contributed by atoms with E-state index in [1.807, 2.05) is 6.92 Å². The maximum absolute atomic E-state index is 11.7. The number of hydrogen-bond donors (Lipinski definition) is 2. The molecule has 1 heterocycles. The number of aromatic nitrogens is 3. The van der Waals surface area contributed by atoms with E-state index in [9.17, 15) is 4.79 Å². The fourth-order valence-corrected chi connectivity index (χ4v) is 2.63. The lowest BCUT2D eigenvalue weighted by Crippen LogP contribution is -2.33. The van der Waals surface area contributed by atoms with Crippen molar-refractivity contribution in [2.75, 3.05) is 11.6 Å². The Labute approximate surface area is 117 Å². The van der Waals surface area contributed by atoms with Crippen molar-refractivity contribution in [3.05, 3.63) is 5.82 Å². The van der Waals surface area contributed by atoms with Crippen LogP contribution in [0, 0.1) is 0 Å². The van der Waals surface area contributed by atoms with Gasteiger partial charge in [-0.25, -0.2) is 4.68 Å². The first-order chi connectivity index (χ1) is 9.11. The third kappa shape index (κ3) is 3.86. The standard InChI is InChI=1S/C12H21N5OS/c1-3-4-8(2)14-10(18)7-19-12-16-15-11(17(12)13)9-5-6-9/h8-9H,3-7,13H2,1-2H3,(H,14,18)/t8-/m0/s1. The van der Waals surface area contributed by atoms with Crippen LogP contribution in [0.2, 0.25) is 0 Å². The number of thioether (sulfide) groups is 1. The van der Waals surface area contributed by atoms with Crippen LogP contribution in [0.25, 0.3) is 0 Å². The summed E-state index contributed by atoms with van der Waals surface area (Å²) >= 11 is 1.33. The van der Waals surface area contributed by atoms with E-state index in [4.69, 9.17) is 5.84 Å². The van der Waals surface area contributed by atoms with Crippen LogP contribution in [0.3, 0.4) is 0 Å². The van der Waals surface area contributed by atoms with Crippen molar-refractivity contribution >= 4 is 17.7 Å². The molecule has 1 saturated carbocycles. The SMILES string of the molecule is CCC[C@H](C)NC(=O)CSc1nnc(C2CC2)n1N. The van der Waals surface area contributed by atoms with Crippen LogP contribution in [-0.2, 0) is 4.79 Å². The van der Waals surface area contributed by atoms with Crippen molar-refractivity contribution in [3.8, 4) is 0 Å². The molecule has 1 atom stereocenters. The van der Waals surface area contributed by atoms with Gasteiger partial charge in [0.2, 0.25) is 11.1 Å². The summed E-state index contributed by atoms with van der Waals surface area (Å²) in [5.41, 5.74) is 0. The fourth-order valence-electron chi connectivity index (χ4n) is 1.96. The molecule has 1 aliphatic carbocycles. The zero-order chi connectivity index (χ0) is 13.8. The minimum Gasteiger partial charge on any atom is -0.353 e. The van der Waals surface area contributed by atoms with Crippen LogP contribution in [0.4, 0.5) is 0 Å². The minimum atomic E-state index is 0.0157. The Kier molecular flexibility index (Phi) is 4.68. The lowest BCUT2D eigenvalue weighted by Gasteiger charge is -2.12. The van der Waals surface area contributed by atoms with Gasteiger partial charge in [0.1, 0.15) is 0 Å². The average Bonchev–Trinajstić information content (AvgIpc) is 3.12. The van der Waals surface area contributed by atoms with E-state index < -0.39 is 0 Å². The molecule has 19 heavy (non-hydrogen) atoms. The fraction of sp³-hybridized carbons (Fsp3) is 0.750. The van der Waals surface area contributed by atoms with E-state index in [2.05, 4.69) is 22.4 Å². The van der Waals surface area contributed by atoms with Crippen LogP contribution in [0.5, 0.6) is 0 Å². The molecule has 1 aliphatic rings. The monoisotopic (exact) mass is 283 g/mol. The zero-order valence-corrected chi connectivity index (χ0v) is 12.2. The second-order valence-corrected chi connectivity index (χ2v) is 5.97. The van der Waals surface area contributed by atoms with E-state index >= 15 is 0 Å². The highest BCUT2D eigenvalue weighted by Gasteiger charge is 2.30. The topological polar surface area (TPSA) is 85.8 Å². The molecule has 1 fully saturated rings. The lowest BCUT2D eigenvalue weighted by molar-refractivity contribution is -0.119. The molecule has 0 unspecified atom stereocenters. The van der Waals surface area contributed by atoms with E-state index in [0.717, 1.165) is 31.5 Å². The molecular weight excluding hydrogens is 262 g/mol. The van der Waals surface area contributed by atoms with Crippen molar-refractivity contribution in [3.63, 3.8) is 0 Å². The number of carbonyl (C=O) groups excluding carboxylic acids is 1. The second-order valence-electron chi connectivity index (χ2n) is 5.03. The van der Waals surface area contributed by atoms with Crippen LogP contribution >= 0.6 is 11.8 Å². The minimum absolute atomic E-state index is 0.0157. The van der Waals surface area contributed by atoms with Crippen LogP contribution < -0.4 is 11.2 Å². The number of nitrogens with two attached hydrogens (primary N) is 1. The Balaban J connectivity index is 1.80. The second kappa shape index (κ2) is 6.27. The van der Waals surface area contributed by atoms with Gasteiger partial charge in [-0.2, -0.15) is 0 Å². The molecule has 1 aromatic rings. The van der Waals surface area contributed by atoms with Crippen molar-refractivity contribution in [2.24, 2.45) is 0 Å². The summed E-state index contributed by atoms with van der Waals surface area (Å²) in [6, 6.07) is 0.218. The molecule has 0 aliphatic heterocycles.